The zero-order valence-electron chi connectivity index (χ0n) is 14.4. The van der Waals surface area contributed by atoms with Crippen LogP contribution in [0.15, 0.2) is 42.6 Å². The SMILES string of the molecule is NC1C2CCC(C2)C1C(=O)NCc1ccc(Oc2cccc(F)c2)nc1. The van der Waals surface area contributed by atoms with E-state index in [1.54, 1.807) is 24.4 Å². The Balaban J connectivity index is 1.32. The van der Waals surface area contributed by atoms with Crippen LogP contribution in [0, 0.1) is 23.6 Å². The number of carbonyl (C=O) groups excluding carboxylic acids is 1. The number of nitrogens with zero attached hydrogens (tertiary/aromatic N) is 1. The zero-order chi connectivity index (χ0) is 18.1. The molecule has 2 fully saturated rings. The van der Waals surface area contributed by atoms with Gasteiger partial charge in [0.2, 0.25) is 11.8 Å². The number of fused-ring (bicyclic) bond motifs is 2. The highest BCUT2D eigenvalue weighted by atomic mass is 19.1. The van der Waals surface area contributed by atoms with E-state index >= 15 is 0 Å². The highest BCUT2D eigenvalue weighted by molar-refractivity contribution is 5.80. The number of rotatable bonds is 5. The van der Waals surface area contributed by atoms with E-state index in [2.05, 4.69) is 10.3 Å². The first kappa shape index (κ1) is 17.0. The quantitative estimate of drug-likeness (QED) is 0.864. The Bertz CT molecular complexity index is 794. The topological polar surface area (TPSA) is 77.2 Å². The molecule has 6 heteroatoms. The van der Waals surface area contributed by atoms with E-state index in [0.29, 0.717) is 30.0 Å². The van der Waals surface area contributed by atoms with Gasteiger partial charge in [0.25, 0.3) is 0 Å². The van der Waals surface area contributed by atoms with Crippen molar-refractivity contribution in [3.8, 4) is 11.6 Å². The van der Waals surface area contributed by atoms with Crippen molar-refractivity contribution >= 4 is 5.91 Å². The van der Waals surface area contributed by atoms with Crippen molar-refractivity contribution < 1.29 is 13.9 Å². The van der Waals surface area contributed by atoms with Gasteiger partial charge in [-0.25, -0.2) is 9.37 Å². The van der Waals surface area contributed by atoms with Crippen molar-refractivity contribution in [3.63, 3.8) is 0 Å². The van der Waals surface area contributed by atoms with Crippen LogP contribution in [0.2, 0.25) is 0 Å². The van der Waals surface area contributed by atoms with E-state index in [-0.39, 0.29) is 23.7 Å². The molecule has 1 heterocycles. The maximum Gasteiger partial charge on any atom is 0.225 e. The van der Waals surface area contributed by atoms with E-state index in [4.69, 9.17) is 10.5 Å². The Morgan fingerprint density at radius 3 is 2.81 bits per heavy atom. The van der Waals surface area contributed by atoms with Crippen LogP contribution >= 0.6 is 0 Å². The lowest BCUT2D eigenvalue weighted by molar-refractivity contribution is -0.127. The molecular formula is C20H22FN3O2. The van der Waals surface area contributed by atoms with Crippen LogP contribution in [0.4, 0.5) is 4.39 Å². The molecule has 4 atom stereocenters. The second-order valence-electron chi connectivity index (χ2n) is 7.22. The van der Waals surface area contributed by atoms with E-state index < -0.39 is 0 Å². The van der Waals surface area contributed by atoms with Crippen molar-refractivity contribution in [3.05, 3.63) is 54.0 Å². The van der Waals surface area contributed by atoms with Crippen LogP contribution in [-0.4, -0.2) is 16.9 Å². The fourth-order valence-electron chi connectivity index (χ4n) is 4.26. The molecular weight excluding hydrogens is 333 g/mol. The number of ether oxygens (including phenoxy) is 1. The highest BCUT2D eigenvalue weighted by Gasteiger charge is 2.48. The van der Waals surface area contributed by atoms with Gasteiger partial charge in [-0.3, -0.25) is 4.79 Å². The number of halogens is 1. The molecule has 2 aliphatic carbocycles. The lowest BCUT2D eigenvalue weighted by atomic mass is 9.84. The van der Waals surface area contributed by atoms with Crippen LogP contribution < -0.4 is 15.8 Å². The molecule has 5 nitrogen and oxygen atoms in total. The van der Waals surface area contributed by atoms with Crippen LogP contribution in [-0.2, 0) is 11.3 Å². The molecule has 26 heavy (non-hydrogen) atoms. The minimum Gasteiger partial charge on any atom is -0.439 e. The standard InChI is InChI=1S/C20H22FN3O2/c21-15-2-1-3-16(9-15)26-17-7-4-12(10-23-17)11-24-20(25)18-13-5-6-14(8-13)19(18)22/h1-4,7,9-10,13-14,18-19H,5-6,8,11,22H2,(H,24,25). The Labute approximate surface area is 151 Å². The van der Waals surface area contributed by atoms with Gasteiger partial charge < -0.3 is 15.8 Å². The van der Waals surface area contributed by atoms with Gasteiger partial charge in [0.1, 0.15) is 11.6 Å². The molecule has 1 amide bonds. The zero-order valence-corrected chi connectivity index (χ0v) is 14.4. The van der Waals surface area contributed by atoms with E-state index in [0.717, 1.165) is 24.8 Å². The number of hydrogen-bond donors (Lipinski definition) is 2. The van der Waals surface area contributed by atoms with Gasteiger partial charge in [-0.1, -0.05) is 12.1 Å². The van der Waals surface area contributed by atoms with Crippen LogP contribution in [0.5, 0.6) is 11.6 Å². The predicted octanol–water partition coefficient (Wildman–Crippen LogP) is 3.00. The van der Waals surface area contributed by atoms with Crippen molar-refractivity contribution in [1.82, 2.24) is 10.3 Å². The number of nitrogens with two attached hydrogens (primary N) is 1. The number of pyridine rings is 1. The van der Waals surface area contributed by atoms with Gasteiger partial charge in [0.05, 0.1) is 5.92 Å². The molecule has 2 aromatic rings. The maximum absolute atomic E-state index is 13.2. The van der Waals surface area contributed by atoms with E-state index in [9.17, 15) is 9.18 Å². The first-order valence-corrected chi connectivity index (χ1v) is 9.02. The molecule has 136 valence electrons. The summed E-state index contributed by atoms with van der Waals surface area (Å²) in [6, 6.07) is 9.43. The smallest absolute Gasteiger partial charge is 0.225 e. The molecule has 3 N–H and O–H groups in total. The number of amides is 1. The summed E-state index contributed by atoms with van der Waals surface area (Å²) < 4.78 is 18.7. The average molecular weight is 355 g/mol. The molecule has 4 rings (SSSR count). The maximum atomic E-state index is 13.2. The second kappa shape index (κ2) is 7.03. The third-order valence-corrected chi connectivity index (χ3v) is 5.57. The molecule has 0 spiro atoms. The fraction of sp³-hybridized carbons (Fsp3) is 0.400. The average Bonchev–Trinajstić information content (AvgIpc) is 3.22. The first-order chi connectivity index (χ1) is 12.6. The summed E-state index contributed by atoms with van der Waals surface area (Å²) in [6.45, 7) is 0.409. The Kier molecular flexibility index (Phi) is 4.59. The molecule has 2 saturated carbocycles. The Morgan fingerprint density at radius 2 is 2.12 bits per heavy atom. The molecule has 2 aliphatic rings. The summed E-state index contributed by atoms with van der Waals surface area (Å²) in [6.07, 6.45) is 5.01. The van der Waals surface area contributed by atoms with Crippen molar-refractivity contribution in [2.24, 2.45) is 23.5 Å². The highest BCUT2D eigenvalue weighted by Crippen LogP contribution is 2.47. The van der Waals surface area contributed by atoms with Gasteiger partial charge in [0, 0.05) is 30.9 Å². The lowest BCUT2D eigenvalue weighted by Gasteiger charge is -2.27. The van der Waals surface area contributed by atoms with Gasteiger partial charge in [-0.05, 0) is 48.8 Å². The predicted molar refractivity (Wildman–Crippen MR) is 94.9 cm³/mol. The van der Waals surface area contributed by atoms with Crippen molar-refractivity contribution in [1.29, 1.82) is 0 Å². The Morgan fingerprint density at radius 1 is 1.27 bits per heavy atom. The summed E-state index contributed by atoms with van der Waals surface area (Å²) in [5, 5.41) is 2.98. The molecule has 0 radical (unpaired) electrons. The number of benzene rings is 1. The van der Waals surface area contributed by atoms with Crippen LogP contribution in [0.1, 0.15) is 24.8 Å². The Hall–Kier alpha value is -2.47. The van der Waals surface area contributed by atoms with Gasteiger partial charge in [0.15, 0.2) is 0 Å². The first-order valence-electron chi connectivity index (χ1n) is 9.02. The van der Waals surface area contributed by atoms with Gasteiger partial charge >= 0.3 is 0 Å². The fourth-order valence-corrected chi connectivity index (χ4v) is 4.26. The number of aromatic nitrogens is 1. The number of nitrogens with one attached hydrogen (secondary N) is 1. The van der Waals surface area contributed by atoms with E-state index in [1.165, 1.54) is 12.1 Å². The largest absolute Gasteiger partial charge is 0.439 e. The van der Waals surface area contributed by atoms with Gasteiger partial charge in [-0.2, -0.15) is 0 Å². The summed E-state index contributed by atoms with van der Waals surface area (Å²) in [5.74, 6) is 1.35. The molecule has 2 bridgehead atoms. The molecule has 0 aliphatic heterocycles. The third-order valence-electron chi connectivity index (χ3n) is 5.57. The van der Waals surface area contributed by atoms with Crippen LogP contribution in [0.3, 0.4) is 0 Å². The van der Waals surface area contributed by atoms with Crippen molar-refractivity contribution in [2.75, 3.05) is 0 Å². The normalized spacial score (nSPS) is 26.7. The summed E-state index contributed by atoms with van der Waals surface area (Å²) in [5.41, 5.74) is 7.10. The molecule has 4 unspecified atom stereocenters. The second-order valence-corrected chi connectivity index (χ2v) is 7.22. The molecule has 0 saturated heterocycles. The van der Waals surface area contributed by atoms with E-state index in [1.807, 2.05) is 6.07 Å². The number of carbonyl (C=O) groups is 1. The lowest BCUT2D eigenvalue weighted by Crippen LogP contribution is -2.45. The van der Waals surface area contributed by atoms with Crippen molar-refractivity contribution in [2.45, 2.75) is 31.8 Å². The summed E-state index contributed by atoms with van der Waals surface area (Å²) >= 11 is 0. The summed E-state index contributed by atoms with van der Waals surface area (Å²) in [4.78, 5) is 16.7. The van der Waals surface area contributed by atoms with Crippen LogP contribution in [0.25, 0.3) is 0 Å². The summed E-state index contributed by atoms with van der Waals surface area (Å²) in [7, 11) is 0. The minimum absolute atomic E-state index is 0.00563. The minimum atomic E-state index is -0.361. The third kappa shape index (κ3) is 3.42. The number of hydrogen-bond acceptors (Lipinski definition) is 4. The molecule has 1 aromatic heterocycles. The molecule has 1 aromatic carbocycles. The monoisotopic (exact) mass is 355 g/mol. The van der Waals surface area contributed by atoms with Gasteiger partial charge in [-0.15, -0.1) is 0 Å².